The Labute approximate surface area is 154 Å². The molecule has 0 fully saturated rings. The van der Waals surface area contributed by atoms with E-state index in [2.05, 4.69) is 40.9 Å². The van der Waals surface area contributed by atoms with E-state index in [-0.39, 0.29) is 24.3 Å². The van der Waals surface area contributed by atoms with E-state index in [4.69, 9.17) is 0 Å². The normalized spacial score (nSPS) is 10.5. The lowest BCUT2D eigenvalue weighted by atomic mass is 10.1. The van der Waals surface area contributed by atoms with E-state index in [0.717, 1.165) is 56.0 Å². The van der Waals surface area contributed by atoms with Crippen LogP contribution in [0.4, 0.5) is 0 Å². The van der Waals surface area contributed by atoms with Crippen LogP contribution in [0.2, 0.25) is 0 Å². The predicted molar refractivity (Wildman–Crippen MR) is 103 cm³/mol. The van der Waals surface area contributed by atoms with Crippen molar-refractivity contribution in [3.8, 4) is 0 Å². The number of thiol groups is 1. The third-order valence-electron chi connectivity index (χ3n) is 3.37. The zero-order valence-electron chi connectivity index (χ0n) is 14.7. The summed E-state index contributed by atoms with van der Waals surface area (Å²) in [4.78, 5) is 34.2. The van der Waals surface area contributed by atoms with Crippen molar-refractivity contribution in [2.45, 2.75) is 65.2 Å². The number of unbranched alkanes of at least 4 members (excludes halogenated alkanes) is 5. The van der Waals surface area contributed by atoms with Crippen LogP contribution in [0.25, 0.3) is 0 Å². The second kappa shape index (κ2) is 15.6. The molecule has 0 aromatic rings. The van der Waals surface area contributed by atoms with Gasteiger partial charge in [0.25, 0.3) is 0 Å². The molecule has 0 bridgehead atoms. The molecule has 140 valence electrons. The minimum absolute atomic E-state index is 0.00866. The Balaban J connectivity index is 3.37. The average molecular weight is 378 g/mol. The Bertz CT molecular complexity index is 380. The molecular formula is C16H31N3O3S2. The summed E-state index contributed by atoms with van der Waals surface area (Å²) in [6, 6.07) is 0. The lowest BCUT2D eigenvalue weighted by Crippen LogP contribution is -2.33. The Morgan fingerprint density at radius 3 is 1.83 bits per heavy atom. The van der Waals surface area contributed by atoms with E-state index in [1.54, 1.807) is 0 Å². The summed E-state index contributed by atoms with van der Waals surface area (Å²) in [7, 11) is 0.916. The molecule has 0 unspecified atom stereocenters. The van der Waals surface area contributed by atoms with Gasteiger partial charge in [-0.25, -0.2) is 0 Å². The van der Waals surface area contributed by atoms with Crippen LogP contribution in [0.5, 0.6) is 0 Å². The number of rotatable bonds is 14. The van der Waals surface area contributed by atoms with Gasteiger partial charge < -0.3 is 10.6 Å². The van der Waals surface area contributed by atoms with Crippen molar-refractivity contribution < 1.29 is 14.4 Å². The van der Waals surface area contributed by atoms with Gasteiger partial charge in [-0.2, -0.15) is 0 Å². The van der Waals surface area contributed by atoms with Crippen molar-refractivity contribution in [3.63, 3.8) is 0 Å². The van der Waals surface area contributed by atoms with Gasteiger partial charge in [-0.1, -0.05) is 51.2 Å². The van der Waals surface area contributed by atoms with Crippen molar-refractivity contribution in [1.29, 1.82) is 0 Å². The monoisotopic (exact) mass is 377 g/mol. The molecule has 3 amide bonds. The molecule has 0 aliphatic heterocycles. The predicted octanol–water partition coefficient (Wildman–Crippen LogP) is 2.60. The standard InChI is InChI=1S/C16H31N3O3S2/c1-13(2)11-17-14(20)9-7-5-3-4-6-8-10-15(21)18-12-16(22)19-24-23/h13,23H,3-12H2,1-2H3,(H,17,20)(H,18,21)(H,19,22). The van der Waals surface area contributed by atoms with Crippen LogP contribution in [0, 0.1) is 5.92 Å². The fraction of sp³-hybridized carbons (Fsp3) is 0.812. The maximum absolute atomic E-state index is 11.5. The Morgan fingerprint density at radius 1 is 0.833 bits per heavy atom. The number of hydrogen-bond acceptors (Lipinski definition) is 5. The summed E-state index contributed by atoms with van der Waals surface area (Å²) in [6.45, 7) is 4.90. The highest BCUT2D eigenvalue weighted by molar-refractivity contribution is 8.68. The number of amides is 3. The van der Waals surface area contributed by atoms with Crippen LogP contribution >= 0.6 is 22.6 Å². The highest BCUT2D eigenvalue weighted by Gasteiger charge is 2.05. The van der Waals surface area contributed by atoms with E-state index in [9.17, 15) is 14.4 Å². The summed E-state index contributed by atoms with van der Waals surface area (Å²) in [5, 5.41) is 5.48. The topological polar surface area (TPSA) is 87.3 Å². The molecule has 0 atom stereocenters. The molecule has 0 saturated carbocycles. The number of hydrogen-bond donors (Lipinski definition) is 4. The first-order valence-electron chi connectivity index (χ1n) is 8.58. The molecule has 0 heterocycles. The summed E-state index contributed by atoms with van der Waals surface area (Å²) in [5.41, 5.74) is 0. The first kappa shape index (κ1) is 23.1. The van der Waals surface area contributed by atoms with Gasteiger partial charge in [-0.3, -0.25) is 19.1 Å². The van der Waals surface area contributed by atoms with Gasteiger partial charge in [0.15, 0.2) is 0 Å². The van der Waals surface area contributed by atoms with Crippen molar-refractivity contribution in [2.24, 2.45) is 5.92 Å². The first-order chi connectivity index (χ1) is 11.5. The number of carbonyl (C=O) groups excluding carboxylic acids is 3. The summed E-state index contributed by atoms with van der Waals surface area (Å²) >= 11 is 3.79. The Kier molecular flexibility index (Phi) is 15.0. The number of nitrogens with one attached hydrogen (secondary N) is 3. The van der Waals surface area contributed by atoms with Crippen LogP contribution < -0.4 is 15.4 Å². The number of carbonyl (C=O) groups is 3. The maximum Gasteiger partial charge on any atom is 0.249 e. The minimum Gasteiger partial charge on any atom is -0.356 e. The lowest BCUT2D eigenvalue weighted by Gasteiger charge is -2.07. The summed E-state index contributed by atoms with van der Waals surface area (Å²) in [5.74, 6) is 0.264. The molecule has 0 aromatic carbocycles. The van der Waals surface area contributed by atoms with Gasteiger partial charge in [0.1, 0.15) is 0 Å². The van der Waals surface area contributed by atoms with Crippen molar-refractivity contribution in [1.82, 2.24) is 15.4 Å². The zero-order valence-corrected chi connectivity index (χ0v) is 16.4. The third kappa shape index (κ3) is 16.0. The molecule has 0 radical (unpaired) electrons. The van der Waals surface area contributed by atoms with Gasteiger partial charge in [-0.15, -0.1) is 0 Å². The molecule has 0 saturated heterocycles. The van der Waals surface area contributed by atoms with Crippen LogP contribution in [0.15, 0.2) is 0 Å². The molecule has 6 nitrogen and oxygen atoms in total. The van der Waals surface area contributed by atoms with Crippen molar-refractivity contribution in [2.75, 3.05) is 13.1 Å². The van der Waals surface area contributed by atoms with E-state index >= 15 is 0 Å². The van der Waals surface area contributed by atoms with E-state index < -0.39 is 0 Å². The van der Waals surface area contributed by atoms with Gasteiger partial charge in [0.05, 0.1) is 6.54 Å². The molecular weight excluding hydrogens is 346 g/mol. The Hall–Kier alpha value is -0.890. The zero-order chi connectivity index (χ0) is 18.2. The van der Waals surface area contributed by atoms with Crippen molar-refractivity contribution >= 4 is 40.4 Å². The van der Waals surface area contributed by atoms with Crippen molar-refractivity contribution in [3.05, 3.63) is 0 Å². The van der Waals surface area contributed by atoms with Crippen LogP contribution in [0.3, 0.4) is 0 Å². The van der Waals surface area contributed by atoms with E-state index in [0.29, 0.717) is 18.8 Å². The Morgan fingerprint density at radius 2 is 1.33 bits per heavy atom. The largest absolute Gasteiger partial charge is 0.356 e. The third-order valence-corrected chi connectivity index (χ3v) is 3.96. The molecule has 0 aromatic heterocycles. The molecule has 0 rings (SSSR count). The second-order valence-corrected chi connectivity index (χ2v) is 7.15. The fourth-order valence-corrected chi connectivity index (χ4v) is 2.52. The highest BCUT2D eigenvalue weighted by atomic mass is 33.1. The second-order valence-electron chi connectivity index (χ2n) is 6.21. The average Bonchev–Trinajstić information content (AvgIpc) is 2.53. The smallest absolute Gasteiger partial charge is 0.249 e. The molecule has 3 N–H and O–H groups in total. The van der Waals surface area contributed by atoms with Crippen LogP contribution in [-0.4, -0.2) is 30.8 Å². The molecule has 0 aliphatic carbocycles. The summed E-state index contributed by atoms with van der Waals surface area (Å²) < 4.78 is 2.42. The van der Waals surface area contributed by atoms with Gasteiger partial charge in [0, 0.05) is 30.4 Å². The minimum atomic E-state index is -0.263. The quantitative estimate of drug-likeness (QED) is 0.162. The fourth-order valence-electron chi connectivity index (χ4n) is 2.04. The molecule has 0 aliphatic rings. The van der Waals surface area contributed by atoms with Crippen LogP contribution in [0.1, 0.15) is 65.2 Å². The lowest BCUT2D eigenvalue weighted by molar-refractivity contribution is -0.125. The van der Waals surface area contributed by atoms with E-state index in [1.807, 2.05) is 0 Å². The van der Waals surface area contributed by atoms with Gasteiger partial charge in [-0.05, 0) is 18.8 Å². The molecule has 8 heteroatoms. The SMILES string of the molecule is CC(C)CNC(=O)CCCCCCCCC(=O)NCC(=O)NSS. The van der Waals surface area contributed by atoms with Gasteiger partial charge in [0.2, 0.25) is 17.7 Å². The molecule has 24 heavy (non-hydrogen) atoms. The van der Waals surface area contributed by atoms with E-state index in [1.165, 1.54) is 0 Å². The van der Waals surface area contributed by atoms with Gasteiger partial charge >= 0.3 is 0 Å². The molecule has 0 spiro atoms. The van der Waals surface area contributed by atoms with Crippen LogP contribution in [-0.2, 0) is 14.4 Å². The summed E-state index contributed by atoms with van der Waals surface area (Å²) in [6.07, 6.45) is 6.97. The maximum atomic E-state index is 11.5. The first-order valence-corrected chi connectivity index (χ1v) is 10.4. The highest BCUT2D eigenvalue weighted by Crippen LogP contribution is 2.08.